The van der Waals surface area contributed by atoms with Crippen LogP contribution in [0, 0.1) is 0 Å². The molecule has 0 spiro atoms. The summed E-state index contributed by atoms with van der Waals surface area (Å²) in [4.78, 5) is 29.2. The summed E-state index contributed by atoms with van der Waals surface area (Å²) in [6, 6.07) is 0. The summed E-state index contributed by atoms with van der Waals surface area (Å²) in [5, 5.41) is 0. The number of aromatic nitrogens is 2. The molecule has 0 aliphatic carbocycles. The SMILES string of the molecule is CC(=O)c1cnc2n1CCN(C(=O)OC(C)(C)C)C2. The molecule has 1 aliphatic heterocycles. The largest absolute Gasteiger partial charge is 0.444 e. The van der Waals surface area contributed by atoms with Crippen molar-refractivity contribution >= 4 is 11.9 Å². The number of fused-ring (bicyclic) bond motifs is 1. The number of hydrogen-bond donors (Lipinski definition) is 0. The third-order valence-corrected chi connectivity index (χ3v) is 2.88. The number of ketones is 1. The van der Waals surface area contributed by atoms with Gasteiger partial charge in [-0.3, -0.25) is 9.69 Å². The van der Waals surface area contributed by atoms with E-state index in [0.717, 1.165) is 5.82 Å². The van der Waals surface area contributed by atoms with E-state index in [1.807, 2.05) is 25.3 Å². The number of ether oxygens (including phenoxy) is 1. The Balaban J connectivity index is 2.11. The van der Waals surface area contributed by atoms with Gasteiger partial charge in [-0.05, 0) is 20.8 Å². The van der Waals surface area contributed by atoms with Crippen molar-refractivity contribution in [3.05, 3.63) is 17.7 Å². The topological polar surface area (TPSA) is 64.4 Å². The van der Waals surface area contributed by atoms with Crippen LogP contribution in [0.3, 0.4) is 0 Å². The molecular weight excluding hydrogens is 246 g/mol. The van der Waals surface area contributed by atoms with E-state index in [1.54, 1.807) is 11.1 Å². The fourth-order valence-corrected chi connectivity index (χ4v) is 2.02. The maximum Gasteiger partial charge on any atom is 0.410 e. The maximum absolute atomic E-state index is 12.0. The molecule has 2 rings (SSSR count). The van der Waals surface area contributed by atoms with Crippen LogP contribution < -0.4 is 0 Å². The third kappa shape index (κ3) is 2.94. The van der Waals surface area contributed by atoms with Gasteiger partial charge >= 0.3 is 6.09 Å². The van der Waals surface area contributed by atoms with Gasteiger partial charge in [0, 0.05) is 20.0 Å². The van der Waals surface area contributed by atoms with E-state index < -0.39 is 5.60 Å². The molecule has 0 unspecified atom stereocenters. The molecule has 1 aliphatic rings. The summed E-state index contributed by atoms with van der Waals surface area (Å²) in [6.45, 7) is 8.51. The van der Waals surface area contributed by atoms with Gasteiger partial charge in [-0.15, -0.1) is 0 Å². The molecular formula is C13H19N3O3. The lowest BCUT2D eigenvalue weighted by atomic mass is 10.2. The fraction of sp³-hybridized carbons (Fsp3) is 0.615. The van der Waals surface area contributed by atoms with Crippen LogP contribution in [0.15, 0.2) is 6.20 Å². The Morgan fingerprint density at radius 2 is 2.00 bits per heavy atom. The first-order valence-corrected chi connectivity index (χ1v) is 6.31. The van der Waals surface area contributed by atoms with Crippen molar-refractivity contribution in [2.24, 2.45) is 0 Å². The summed E-state index contributed by atoms with van der Waals surface area (Å²) in [6.07, 6.45) is 1.22. The zero-order valence-corrected chi connectivity index (χ0v) is 11.8. The number of amides is 1. The van der Waals surface area contributed by atoms with Gasteiger partial charge in [-0.2, -0.15) is 0 Å². The minimum absolute atomic E-state index is 0.00975. The molecule has 6 nitrogen and oxygen atoms in total. The molecule has 0 N–H and O–H groups in total. The monoisotopic (exact) mass is 265 g/mol. The van der Waals surface area contributed by atoms with Crippen LogP contribution in [0.4, 0.5) is 4.79 Å². The Morgan fingerprint density at radius 3 is 2.58 bits per heavy atom. The van der Waals surface area contributed by atoms with Gasteiger partial charge in [0.2, 0.25) is 0 Å². The number of carbonyl (C=O) groups excluding carboxylic acids is 2. The molecule has 0 fully saturated rings. The van der Waals surface area contributed by atoms with Crippen LogP contribution in [0.5, 0.6) is 0 Å². The molecule has 6 heteroatoms. The zero-order valence-electron chi connectivity index (χ0n) is 11.8. The summed E-state index contributed by atoms with van der Waals surface area (Å²) >= 11 is 0. The van der Waals surface area contributed by atoms with E-state index >= 15 is 0 Å². The minimum atomic E-state index is -0.505. The second kappa shape index (κ2) is 4.68. The van der Waals surface area contributed by atoms with Gasteiger partial charge in [0.1, 0.15) is 17.1 Å². The van der Waals surface area contributed by atoms with Gasteiger partial charge in [-0.1, -0.05) is 0 Å². The molecule has 0 bridgehead atoms. The Bertz CT molecular complexity index is 514. The Hall–Kier alpha value is -1.85. The van der Waals surface area contributed by atoms with Gasteiger partial charge in [0.15, 0.2) is 5.78 Å². The average Bonchev–Trinajstić information content (AvgIpc) is 2.68. The number of carbonyl (C=O) groups is 2. The number of hydrogen-bond acceptors (Lipinski definition) is 4. The van der Waals surface area contributed by atoms with E-state index in [2.05, 4.69) is 4.98 Å². The number of Topliss-reactive ketones (excluding diaryl/α,β-unsaturated/α-hetero) is 1. The molecule has 0 aromatic carbocycles. The predicted octanol–water partition coefficient (Wildman–Crippen LogP) is 1.84. The summed E-state index contributed by atoms with van der Waals surface area (Å²) in [5.74, 6) is 0.715. The van der Waals surface area contributed by atoms with Crippen LogP contribution in [0.1, 0.15) is 44.0 Å². The molecule has 104 valence electrons. The van der Waals surface area contributed by atoms with Crippen molar-refractivity contribution in [3.8, 4) is 0 Å². The summed E-state index contributed by atoms with van der Waals surface area (Å²) < 4.78 is 7.19. The van der Waals surface area contributed by atoms with Crippen LogP contribution in [-0.4, -0.2) is 38.5 Å². The quantitative estimate of drug-likeness (QED) is 0.727. The molecule has 1 aromatic heterocycles. The standard InChI is InChI=1S/C13H19N3O3/c1-9(17)10-7-14-11-8-15(5-6-16(10)11)12(18)19-13(2,3)4/h7H,5-6,8H2,1-4H3. The number of rotatable bonds is 1. The summed E-state index contributed by atoms with van der Waals surface area (Å²) in [5.41, 5.74) is 0.0907. The van der Waals surface area contributed by atoms with Crippen molar-refractivity contribution in [1.29, 1.82) is 0 Å². The van der Waals surface area contributed by atoms with Crippen molar-refractivity contribution in [2.75, 3.05) is 6.54 Å². The summed E-state index contributed by atoms with van der Waals surface area (Å²) in [7, 11) is 0. The Kier molecular flexibility index (Phi) is 3.34. The first-order valence-electron chi connectivity index (χ1n) is 6.31. The molecule has 0 atom stereocenters. The Labute approximate surface area is 112 Å². The van der Waals surface area contributed by atoms with Crippen LogP contribution >= 0.6 is 0 Å². The van der Waals surface area contributed by atoms with Gasteiger partial charge in [-0.25, -0.2) is 9.78 Å². The van der Waals surface area contributed by atoms with E-state index in [4.69, 9.17) is 4.74 Å². The molecule has 0 saturated carbocycles. The second-order valence-corrected chi connectivity index (χ2v) is 5.67. The predicted molar refractivity (Wildman–Crippen MR) is 68.9 cm³/mol. The van der Waals surface area contributed by atoms with Crippen LogP contribution in [0.25, 0.3) is 0 Å². The van der Waals surface area contributed by atoms with Gasteiger partial charge < -0.3 is 9.30 Å². The molecule has 1 amide bonds. The lowest BCUT2D eigenvalue weighted by Gasteiger charge is -2.30. The van der Waals surface area contributed by atoms with E-state index in [1.165, 1.54) is 6.92 Å². The second-order valence-electron chi connectivity index (χ2n) is 5.67. The van der Waals surface area contributed by atoms with Gasteiger partial charge in [0.25, 0.3) is 0 Å². The smallest absolute Gasteiger partial charge is 0.410 e. The van der Waals surface area contributed by atoms with Crippen LogP contribution in [0.2, 0.25) is 0 Å². The number of imidazole rings is 1. The maximum atomic E-state index is 12.0. The number of nitrogens with zero attached hydrogens (tertiary/aromatic N) is 3. The van der Waals surface area contributed by atoms with E-state index in [-0.39, 0.29) is 11.9 Å². The molecule has 0 saturated heterocycles. The fourth-order valence-electron chi connectivity index (χ4n) is 2.02. The van der Waals surface area contributed by atoms with Crippen molar-refractivity contribution < 1.29 is 14.3 Å². The third-order valence-electron chi connectivity index (χ3n) is 2.88. The minimum Gasteiger partial charge on any atom is -0.444 e. The Morgan fingerprint density at radius 1 is 1.32 bits per heavy atom. The average molecular weight is 265 g/mol. The highest BCUT2D eigenvalue weighted by atomic mass is 16.6. The zero-order chi connectivity index (χ0) is 14.2. The molecule has 1 aromatic rings. The molecule has 19 heavy (non-hydrogen) atoms. The van der Waals surface area contributed by atoms with Gasteiger partial charge in [0.05, 0.1) is 12.7 Å². The first kappa shape index (κ1) is 13.6. The van der Waals surface area contributed by atoms with E-state index in [0.29, 0.717) is 25.3 Å². The van der Waals surface area contributed by atoms with Crippen molar-refractivity contribution in [3.63, 3.8) is 0 Å². The highest BCUT2D eigenvalue weighted by Crippen LogP contribution is 2.17. The highest BCUT2D eigenvalue weighted by molar-refractivity contribution is 5.92. The molecule has 0 radical (unpaired) electrons. The first-order chi connectivity index (χ1) is 8.78. The lowest BCUT2D eigenvalue weighted by molar-refractivity contribution is 0.0195. The normalized spacial score (nSPS) is 15.1. The van der Waals surface area contributed by atoms with Crippen LogP contribution in [-0.2, 0) is 17.8 Å². The lowest BCUT2D eigenvalue weighted by Crippen LogP contribution is -2.42. The van der Waals surface area contributed by atoms with Crippen molar-refractivity contribution in [2.45, 2.75) is 46.4 Å². The highest BCUT2D eigenvalue weighted by Gasteiger charge is 2.27. The van der Waals surface area contributed by atoms with E-state index in [9.17, 15) is 9.59 Å². The molecule has 2 heterocycles. The van der Waals surface area contributed by atoms with Crippen molar-refractivity contribution in [1.82, 2.24) is 14.5 Å².